The van der Waals surface area contributed by atoms with Crippen LogP contribution < -0.4 is 10.6 Å². The van der Waals surface area contributed by atoms with Crippen LogP contribution in [0.5, 0.6) is 0 Å². The van der Waals surface area contributed by atoms with Crippen LogP contribution in [-0.4, -0.2) is 52.7 Å². The van der Waals surface area contributed by atoms with Crippen LogP contribution in [0.2, 0.25) is 0 Å². The first-order chi connectivity index (χ1) is 8.63. The summed E-state index contributed by atoms with van der Waals surface area (Å²) in [5.74, 6) is 0.893. The third-order valence-corrected chi connectivity index (χ3v) is 4.77. The van der Waals surface area contributed by atoms with Gasteiger partial charge in [0.25, 0.3) is 0 Å². The summed E-state index contributed by atoms with van der Waals surface area (Å²) in [6.45, 7) is 0.616. The average Bonchev–Trinajstić information content (AvgIpc) is 2.84. The van der Waals surface area contributed by atoms with Crippen molar-refractivity contribution >= 4 is 35.5 Å². The predicted molar refractivity (Wildman–Crippen MR) is 76.4 cm³/mol. The number of hydrogen-bond donors (Lipinski definition) is 3. The van der Waals surface area contributed by atoms with Gasteiger partial charge in [0.1, 0.15) is 6.04 Å². The van der Waals surface area contributed by atoms with Crippen molar-refractivity contribution in [2.45, 2.75) is 30.6 Å². The Bertz CT molecular complexity index is 283. The Morgan fingerprint density at radius 3 is 2.89 bits per heavy atom. The average molecular weight is 292 g/mol. The summed E-state index contributed by atoms with van der Waals surface area (Å²) in [5.41, 5.74) is 0. The van der Waals surface area contributed by atoms with E-state index in [0.29, 0.717) is 18.2 Å². The van der Waals surface area contributed by atoms with E-state index < -0.39 is 12.0 Å². The number of carbonyl (C=O) groups excluding carboxylic acids is 1. The maximum absolute atomic E-state index is 11.6. The number of urea groups is 1. The highest BCUT2D eigenvalue weighted by atomic mass is 32.2. The molecule has 1 rings (SSSR count). The van der Waals surface area contributed by atoms with Gasteiger partial charge in [-0.3, -0.25) is 0 Å². The van der Waals surface area contributed by atoms with E-state index in [2.05, 4.69) is 10.6 Å². The van der Waals surface area contributed by atoms with Gasteiger partial charge >= 0.3 is 12.0 Å². The summed E-state index contributed by atoms with van der Waals surface area (Å²) in [6.07, 6.45) is 4.68. The fraction of sp³-hybridized carbons (Fsp3) is 0.818. The number of amides is 2. The number of thioether (sulfide) groups is 2. The molecule has 0 aromatic carbocycles. The van der Waals surface area contributed by atoms with E-state index in [1.807, 2.05) is 18.0 Å². The van der Waals surface area contributed by atoms with Gasteiger partial charge in [0.15, 0.2) is 0 Å². The minimum absolute atomic E-state index is 0.379. The Hall–Kier alpha value is -0.560. The third-order valence-electron chi connectivity index (χ3n) is 2.73. The zero-order valence-corrected chi connectivity index (χ0v) is 12.1. The van der Waals surface area contributed by atoms with Gasteiger partial charge in [0.2, 0.25) is 0 Å². The van der Waals surface area contributed by atoms with Crippen LogP contribution in [0.4, 0.5) is 4.79 Å². The third kappa shape index (κ3) is 5.86. The van der Waals surface area contributed by atoms with Crippen molar-refractivity contribution < 1.29 is 14.7 Å². The summed E-state index contributed by atoms with van der Waals surface area (Å²) in [5, 5.41) is 14.7. The van der Waals surface area contributed by atoms with Crippen LogP contribution in [-0.2, 0) is 4.79 Å². The van der Waals surface area contributed by atoms with Gasteiger partial charge in [-0.2, -0.15) is 23.5 Å². The molecule has 1 fully saturated rings. The highest BCUT2D eigenvalue weighted by molar-refractivity contribution is 8.00. The Morgan fingerprint density at radius 1 is 1.56 bits per heavy atom. The van der Waals surface area contributed by atoms with E-state index >= 15 is 0 Å². The molecule has 0 radical (unpaired) electrons. The van der Waals surface area contributed by atoms with E-state index in [1.54, 1.807) is 11.8 Å². The molecule has 104 valence electrons. The van der Waals surface area contributed by atoms with Crippen LogP contribution in [0.3, 0.4) is 0 Å². The summed E-state index contributed by atoms with van der Waals surface area (Å²) in [4.78, 5) is 22.5. The molecule has 2 amide bonds. The predicted octanol–water partition coefficient (Wildman–Crippen LogP) is 1.39. The molecular formula is C11H20N2O3S2. The van der Waals surface area contributed by atoms with E-state index in [9.17, 15) is 9.59 Å². The van der Waals surface area contributed by atoms with E-state index in [1.165, 1.54) is 6.42 Å². The molecule has 0 aromatic heterocycles. The zero-order chi connectivity index (χ0) is 13.4. The molecule has 18 heavy (non-hydrogen) atoms. The summed E-state index contributed by atoms with van der Waals surface area (Å²) >= 11 is 3.43. The summed E-state index contributed by atoms with van der Waals surface area (Å²) in [6, 6.07) is -1.18. The topological polar surface area (TPSA) is 78.4 Å². The molecule has 1 aliphatic rings. The molecule has 1 aliphatic heterocycles. The highest BCUT2D eigenvalue weighted by Crippen LogP contribution is 2.25. The molecule has 1 saturated heterocycles. The first-order valence-electron chi connectivity index (χ1n) is 6.01. The highest BCUT2D eigenvalue weighted by Gasteiger charge is 2.20. The SMILES string of the molecule is CSCCC(NC(=O)NCC1CCCS1)C(=O)O. The van der Waals surface area contributed by atoms with Gasteiger partial charge < -0.3 is 15.7 Å². The van der Waals surface area contributed by atoms with Gasteiger partial charge in [-0.1, -0.05) is 0 Å². The van der Waals surface area contributed by atoms with Crippen molar-refractivity contribution in [1.82, 2.24) is 10.6 Å². The number of nitrogens with one attached hydrogen (secondary N) is 2. The Labute approximate surface area is 116 Å². The van der Waals surface area contributed by atoms with Crippen LogP contribution >= 0.6 is 23.5 Å². The second kappa shape index (κ2) is 8.53. The first-order valence-corrected chi connectivity index (χ1v) is 8.45. The van der Waals surface area contributed by atoms with Crippen molar-refractivity contribution in [3.63, 3.8) is 0 Å². The summed E-state index contributed by atoms with van der Waals surface area (Å²) < 4.78 is 0. The lowest BCUT2D eigenvalue weighted by Crippen LogP contribution is -2.47. The quantitative estimate of drug-likeness (QED) is 0.661. The molecule has 2 atom stereocenters. The zero-order valence-electron chi connectivity index (χ0n) is 10.5. The maximum atomic E-state index is 11.6. The molecule has 0 aliphatic carbocycles. The minimum atomic E-state index is -0.977. The second-order valence-corrected chi connectivity index (χ2v) is 6.56. The number of aliphatic carboxylic acids is 1. The van der Waals surface area contributed by atoms with Crippen molar-refractivity contribution in [1.29, 1.82) is 0 Å². The molecule has 0 aromatic rings. The fourth-order valence-electron chi connectivity index (χ4n) is 1.71. The van der Waals surface area contributed by atoms with Gasteiger partial charge in [-0.05, 0) is 37.0 Å². The molecule has 5 nitrogen and oxygen atoms in total. The normalized spacial score (nSPS) is 20.4. The second-order valence-electron chi connectivity index (χ2n) is 4.16. The molecule has 2 unspecified atom stereocenters. The molecule has 3 N–H and O–H groups in total. The van der Waals surface area contributed by atoms with E-state index in [-0.39, 0.29) is 6.03 Å². The van der Waals surface area contributed by atoms with Crippen molar-refractivity contribution in [3.8, 4) is 0 Å². The molecule has 7 heteroatoms. The number of carbonyl (C=O) groups is 2. The van der Waals surface area contributed by atoms with Gasteiger partial charge in [0, 0.05) is 11.8 Å². The molecule has 0 spiro atoms. The number of hydrogen-bond acceptors (Lipinski definition) is 4. The fourth-order valence-corrected chi connectivity index (χ4v) is 3.39. The summed E-state index contributed by atoms with van der Waals surface area (Å²) in [7, 11) is 0. The van der Waals surface area contributed by atoms with Crippen LogP contribution in [0.1, 0.15) is 19.3 Å². The van der Waals surface area contributed by atoms with Crippen molar-refractivity contribution in [2.75, 3.05) is 24.3 Å². The number of rotatable bonds is 7. The van der Waals surface area contributed by atoms with Crippen LogP contribution in [0.25, 0.3) is 0 Å². The number of carboxylic acid groups (broad SMARTS) is 1. The van der Waals surface area contributed by atoms with Crippen LogP contribution in [0.15, 0.2) is 0 Å². The van der Waals surface area contributed by atoms with E-state index in [4.69, 9.17) is 5.11 Å². The lowest BCUT2D eigenvalue weighted by atomic mass is 10.2. The minimum Gasteiger partial charge on any atom is -0.480 e. The van der Waals surface area contributed by atoms with E-state index in [0.717, 1.165) is 17.9 Å². The molecule has 0 bridgehead atoms. The Morgan fingerprint density at radius 2 is 2.33 bits per heavy atom. The van der Waals surface area contributed by atoms with Gasteiger partial charge in [-0.25, -0.2) is 9.59 Å². The first kappa shape index (κ1) is 15.5. The molecule has 0 saturated carbocycles. The monoisotopic (exact) mass is 292 g/mol. The van der Waals surface area contributed by atoms with Gasteiger partial charge in [0.05, 0.1) is 0 Å². The molecule has 1 heterocycles. The van der Waals surface area contributed by atoms with Gasteiger partial charge in [-0.15, -0.1) is 0 Å². The standard InChI is InChI=1S/C11H20N2O3S2/c1-17-6-4-9(10(14)15)13-11(16)12-7-8-3-2-5-18-8/h8-9H,2-7H2,1H3,(H,14,15)(H2,12,13,16). The maximum Gasteiger partial charge on any atom is 0.326 e. The largest absolute Gasteiger partial charge is 0.480 e. The number of carboxylic acids is 1. The smallest absolute Gasteiger partial charge is 0.326 e. The Balaban J connectivity index is 2.24. The molecular weight excluding hydrogens is 272 g/mol. The van der Waals surface area contributed by atoms with Crippen LogP contribution in [0, 0.1) is 0 Å². The lowest BCUT2D eigenvalue weighted by Gasteiger charge is -2.16. The lowest BCUT2D eigenvalue weighted by molar-refractivity contribution is -0.139. The van der Waals surface area contributed by atoms with Crippen molar-refractivity contribution in [2.24, 2.45) is 0 Å². The Kier molecular flexibility index (Phi) is 7.34. The van der Waals surface area contributed by atoms with Crippen molar-refractivity contribution in [3.05, 3.63) is 0 Å².